The molecular formula is C14H28N2O. The molecule has 0 aromatic carbocycles. The van der Waals surface area contributed by atoms with Crippen LogP contribution in [0.3, 0.4) is 0 Å². The maximum absolute atomic E-state index is 6.34. The van der Waals surface area contributed by atoms with Gasteiger partial charge in [0.15, 0.2) is 0 Å². The van der Waals surface area contributed by atoms with Gasteiger partial charge in [0.1, 0.15) is 0 Å². The van der Waals surface area contributed by atoms with Gasteiger partial charge in [0, 0.05) is 31.8 Å². The van der Waals surface area contributed by atoms with Gasteiger partial charge < -0.3 is 10.5 Å². The van der Waals surface area contributed by atoms with Crippen molar-refractivity contribution in [3.8, 4) is 0 Å². The molecule has 0 spiro atoms. The highest BCUT2D eigenvalue weighted by atomic mass is 16.5. The fourth-order valence-electron chi connectivity index (χ4n) is 3.32. The molecule has 3 nitrogen and oxygen atoms in total. The molecule has 1 aliphatic carbocycles. The first-order chi connectivity index (χ1) is 8.18. The predicted molar refractivity (Wildman–Crippen MR) is 71.0 cm³/mol. The molecule has 2 N–H and O–H groups in total. The summed E-state index contributed by atoms with van der Waals surface area (Å²) in [6, 6.07) is 0.973. The van der Waals surface area contributed by atoms with E-state index >= 15 is 0 Å². The zero-order chi connectivity index (χ0) is 12.3. The maximum Gasteiger partial charge on any atom is 0.0593 e. The Balaban J connectivity index is 1.95. The smallest absolute Gasteiger partial charge is 0.0593 e. The minimum Gasteiger partial charge on any atom is -0.380 e. The fraction of sp³-hybridized carbons (Fsp3) is 1.00. The normalized spacial score (nSPS) is 37.1. The first-order valence-electron chi connectivity index (χ1n) is 7.26. The summed E-state index contributed by atoms with van der Waals surface area (Å²) in [5.74, 6) is 1.66. The Hall–Kier alpha value is -0.120. The minimum atomic E-state index is 0.378. The van der Waals surface area contributed by atoms with Crippen molar-refractivity contribution < 1.29 is 4.74 Å². The summed E-state index contributed by atoms with van der Waals surface area (Å²) in [4.78, 5) is 2.59. The van der Waals surface area contributed by atoms with Crippen LogP contribution in [0.4, 0.5) is 0 Å². The Bertz CT molecular complexity index is 224. The molecule has 3 atom stereocenters. The molecule has 17 heavy (non-hydrogen) atoms. The lowest BCUT2D eigenvalue weighted by atomic mass is 9.76. The minimum absolute atomic E-state index is 0.378. The number of rotatable bonds is 2. The molecule has 100 valence electrons. The average Bonchev–Trinajstić information content (AvgIpc) is 2.58. The van der Waals surface area contributed by atoms with Crippen LogP contribution < -0.4 is 5.73 Å². The number of hydrogen-bond donors (Lipinski definition) is 1. The van der Waals surface area contributed by atoms with Crippen molar-refractivity contribution in [2.75, 3.05) is 26.3 Å². The van der Waals surface area contributed by atoms with Crippen LogP contribution in [0.15, 0.2) is 0 Å². The molecular weight excluding hydrogens is 212 g/mol. The molecule has 3 unspecified atom stereocenters. The summed E-state index contributed by atoms with van der Waals surface area (Å²) in [7, 11) is 0. The Morgan fingerprint density at radius 2 is 2.00 bits per heavy atom. The second-order valence-electron chi connectivity index (χ2n) is 6.05. The van der Waals surface area contributed by atoms with E-state index < -0.39 is 0 Å². The van der Waals surface area contributed by atoms with Crippen molar-refractivity contribution >= 4 is 0 Å². The summed E-state index contributed by atoms with van der Waals surface area (Å²) in [6.07, 6.45) is 4.97. The second kappa shape index (κ2) is 6.17. The molecule has 0 radical (unpaired) electrons. The largest absolute Gasteiger partial charge is 0.380 e. The van der Waals surface area contributed by atoms with Gasteiger partial charge in [0.2, 0.25) is 0 Å². The van der Waals surface area contributed by atoms with E-state index in [9.17, 15) is 0 Å². The van der Waals surface area contributed by atoms with Crippen LogP contribution in [0.2, 0.25) is 0 Å². The first kappa shape index (κ1) is 13.3. The van der Waals surface area contributed by atoms with Gasteiger partial charge in [0.05, 0.1) is 6.61 Å². The lowest BCUT2D eigenvalue weighted by molar-refractivity contribution is 0.0872. The van der Waals surface area contributed by atoms with Gasteiger partial charge in [-0.3, -0.25) is 4.90 Å². The number of nitrogens with two attached hydrogens (primary N) is 1. The van der Waals surface area contributed by atoms with Gasteiger partial charge >= 0.3 is 0 Å². The Labute approximate surface area is 106 Å². The summed E-state index contributed by atoms with van der Waals surface area (Å²) in [6.45, 7) is 8.75. The van der Waals surface area contributed by atoms with Gasteiger partial charge in [-0.15, -0.1) is 0 Å². The zero-order valence-electron chi connectivity index (χ0n) is 11.4. The number of nitrogens with zero attached hydrogens (tertiary/aromatic N) is 1. The SMILES string of the molecule is CC(C)C1CCC(N)C(N2CCCOCC2)C1. The highest BCUT2D eigenvalue weighted by molar-refractivity contribution is 4.90. The fourth-order valence-corrected chi connectivity index (χ4v) is 3.32. The Morgan fingerprint density at radius 3 is 2.76 bits per heavy atom. The third kappa shape index (κ3) is 3.43. The van der Waals surface area contributed by atoms with Gasteiger partial charge in [-0.25, -0.2) is 0 Å². The van der Waals surface area contributed by atoms with Crippen LogP contribution in [0, 0.1) is 11.8 Å². The molecule has 1 aliphatic heterocycles. The average molecular weight is 240 g/mol. The summed E-state index contributed by atoms with van der Waals surface area (Å²) < 4.78 is 5.54. The van der Waals surface area contributed by atoms with Gasteiger partial charge in [0.25, 0.3) is 0 Å². The topological polar surface area (TPSA) is 38.5 Å². The van der Waals surface area contributed by atoms with Crippen LogP contribution in [0.25, 0.3) is 0 Å². The summed E-state index contributed by atoms with van der Waals surface area (Å²) >= 11 is 0. The Morgan fingerprint density at radius 1 is 1.18 bits per heavy atom. The van der Waals surface area contributed by atoms with E-state index in [-0.39, 0.29) is 0 Å². The van der Waals surface area contributed by atoms with E-state index in [0.717, 1.165) is 38.0 Å². The van der Waals surface area contributed by atoms with Crippen molar-refractivity contribution in [2.24, 2.45) is 17.6 Å². The monoisotopic (exact) mass is 240 g/mol. The van der Waals surface area contributed by atoms with Gasteiger partial charge in [-0.2, -0.15) is 0 Å². The lowest BCUT2D eigenvalue weighted by Gasteiger charge is -2.42. The molecule has 0 amide bonds. The zero-order valence-corrected chi connectivity index (χ0v) is 11.4. The number of ether oxygens (including phenoxy) is 1. The van der Waals surface area contributed by atoms with E-state index in [2.05, 4.69) is 18.7 Å². The summed E-state index contributed by atoms with van der Waals surface area (Å²) in [5, 5.41) is 0. The molecule has 1 saturated heterocycles. The third-order valence-electron chi connectivity index (χ3n) is 4.58. The van der Waals surface area contributed by atoms with Gasteiger partial charge in [-0.1, -0.05) is 13.8 Å². The van der Waals surface area contributed by atoms with E-state index in [1.807, 2.05) is 0 Å². The first-order valence-corrected chi connectivity index (χ1v) is 7.26. The lowest BCUT2D eigenvalue weighted by Crippen LogP contribution is -2.52. The van der Waals surface area contributed by atoms with Crippen molar-refractivity contribution in [1.29, 1.82) is 0 Å². The van der Waals surface area contributed by atoms with Crippen LogP contribution in [0.1, 0.15) is 39.5 Å². The predicted octanol–water partition coefficient (Wildman–Crippen LogP) is 1.86. The van der Waals surface area contributed by atoms with E-state index in [0.29, 0.717) is 12.1 Å². The maximum atomic E-state index is 6.34. The van der Waals surface area contributed by atoms with Gasteiger partial charge in [-0.05, 0) is 37.5 Å². The van der Waals surface area contributed by atoms with Crippen LogP contribution in [-0.2, 0) is 4.74 Å². The highest BCUT2D eigenvalue weighted by Gasteiger charge is 2.33. The van der Waals surface area contributed by atoms with Crippen LogP contribution in [0.5, 0.6) is 0 Å². The third-order valence-corrected chi connectivity index (χ3v) is 4.58. The standard InChI is InChI=1S/C14H28N2O/c1-11(2)12-4-5-13(15)14(10-12)16-6-3-8-17-9-7-16/h11-14H,3-10,15H2,1-2H3. The molecule has 0 aromatic rings. The molecule has 2 aliphatic rings. The highest BCUT2D eigenvalue weighted by Crippen LogP contribution is 2.32. The summed E-state index contributed by atoms with van der Waals surface area (Å²) in [5.41, 5.74) is 6.34. The van der Waals surface area contributed by atoms with E-state index in [1.165, 1.54) is 25.8 Å². The van der Waals surface area contributed by atoms with Crippen molar-refractivity contribution in [1.82, 2.24) is 4.90 Å². The van der Waals surface area contributed by atoms with Crippen molar-refractivity contribution in [3.05, 3.63) is 0 Å². The molecule has 2 fully saturated rings. The van der Waals surface area contributed by atoms with Crippen molar-refractivity contribution in [3.63, 3.8) is 0 Å². The molecule has 0 bridgehead atoms. The van der Waals surface area contributed by atoms with Crippen molar-refractivity contribution in [2.45, 2.75) is 51.6 Å². The Kier molecular flexibility index (Phi) is 4.83. The molecule has 2 rings (SSSR count). The quantitative estimate of drug-likeness (QED) is 0.800. The second-order valence-corrected chi connectivity index (χ2v) is 6.05. The molecule has 0 aromatic heterocycles. The molecule has 1 saturated carbocycles. The van der Waals surface area contributed by atoms with E-state index in [4.69, 9.17) is 10.5 Å². The van der Waals surface area contributed by atoms with E-state index in [1.54, 1.807) is 0 Å². The van der Waals surface area contributed by atoms with Crippen LogP contribution >= 0.6 is 0 Å². The number of hydrogen-bond acceptors (Lipinski definition) is 3. The molecule has 3 heteroatoms. The molecule has 1 heterocycles. The van der Waals surface area contributed by atoms with Crippen LogP contribution in [-0.4, -0.2) is 43.3 Å².